The zero-order valence-electron chi connectivity index (χ0n) is 10.5. The molecule has 0 aromatic heterocycles. The van der Waals surface area contributed by atoms with Gasteiger partial charge in [0.1, 0.15) is 0 Å². The Morgan fingerprint density at radius 3 is 2.41 bits per heavy atom. The van der Waals surface area contributed by atoms with Crippen LogP contribution in [-0.4, -0.2) is 19.0 Å². The molecule has 0 aliphatic carbocycles. The van der Waals surface area contributed by atoms with Crippen LogP contribution in [0.15, 0.2) is 18.2 Å². The first-order valence-electron chi connectivity index (χ1n) is 5.45. The summed E-state index contributed by atoms with van der Waals surface area (Å²) in [6.45, 7) is 5.49. The molecule has 1 rings (SSSR count). The van der Waals surface area contributed by atoms with Gasteiger partial charge < -0.3 is 10.1 Å². The fraction of sp³-hybridized carbons (Fsp3) is 0.385. The summed E-state index contributed by atoms with van der Waals surface area (Å²) in [5, 5.41) is 2.73. The lowest BCUT2D eigenvalue weighted by Gasteiger charge is -2.14. The summed E-state index contributed by atoms with van der Waals surface area (Å²) in [7, 11) is 1.33. The van der Waals surface area contributed by atoms with Gasteiger partial charge in [-0.2, -0.15) is 0 Å². The van der Waals surface area contributed by atoms with Crippen LogP contribution < -0.4 is 5.32 Å². The van der Waals surface area contributed by atoms with Crippen molar-refractivity contribution in [3.05, 3.63) is 29.3 Å². The van der Waals surface area contributed by atoms with Crippen molar-refractivity contribution >= 4 is 17.6 Å². The first kappa shape index (κ1) is 13.2. The molecule has 4 heteroatoms. The lowest BCUT2D eigenvalue weighted by atomic mass is 9.99. The third-order valence-electron chi connectivity index (χ3n) is 2.41. The molecule has 0 unspecified atom stereocenters. The molecule has 4 nitrogen and oxygen atoms in total. The number of benzene rings is 1. The number of anilines is 1. The van der Waals surface area contributed by atoms with E-state index in [4.69, 9.17) is 0 Å². The van der Waals surface area contributed by atoms with Crippen LogP contribution >= 0.6 is 0 Å². The van der Waals surface area contributed by atoms with Crippen molar-refractivity contribution in [2.24, 2.45) is 0 Å². The normalized spacial score (nSPS) is 10.2. The molecular formula is C13H17NO3. The van der Waals surface area contributed by atoms with Gasteiger partial charge in [-0.25, -0.2) is 4.79 Å². The maximum atomic E-state index is 11.4. The molecule has 92 valence electrons. The highest BCUT2D eigenvalue weighted by atomic mass is 16.5. The first-order valence-corrected chi connectivity index (χ1v) is 5.45. The Morgan fingerprint density at radius 2 is 1.94 bits per heavy atom. The topological polar surface area (TPSA) is 55.4 Å². The number of carbonyl (C=O) groups excluding carboxylic acids is 2. The van der Waals surface area contributed by atoms with E-state index in [9.17, 15) is 9.59 Å². The second-order valence-corrected chi connectivity index (χ2v) is 4.13. The van der Waals surface area contributed by atoms with Crippen LogP contribution in [0.1, 0.15) is 42.6 Å². The summed E-state index contributed by atoms with van der Waals surface area (Å²) in [5.41, 5.74) is 2.09. The Balaban J connectivity index is 3.18. The van der Waals surface area contributed by atoms with Gasteiger partial charge in [0.05, 0.1) is 12.7 Å². The molecule has 1 aromatic rings. The number of amides is 1. The number of rotatable bonds is 3. The Hall–Kier alpha value is -1.84. The van der Waals surface area contributed by atoms with Crippen LogP contribution in [0.3, 0.4) is 0 Å². The molecule has 0 atom stereocenters. The Morgan fingerprint density at radius 1 is 1.29 bits per heavy atom. The highest BCUT2D eigenvalue weighted by molar-refractivity contribution is 5.94. The summed E-state index contributed by atoms with van der Waals surface area (Å²) < 4.78 is 4.64. The molecule has 0 aliphatic heterocycles. The summed E-state index contributed by atoms with van der Waals surface area (Å²) in [6.07, 6.45) is 0. The van der Waals surface area contributed by atoms with Gasteiger partial charge in [0, 0.05) is 12.6 Å². The maximum absolute atomic E-state index is 11.4. The number of ether oxygens (including phenoxy) is 1. The van der Waals surface area contributed by atoms with Crippen molar-refractivity contribution in [1.82, 2.24) is 0 Å². The van der Waals surface area contributed by atoms with Crippen LogP contribution in [0.5, 0.6) is 0 Å². The Kier molecular flexibility index (Phi) is 4.26. The van der Waals surface area contributed by atoms with Gasteiger partial charge in [0.2, 0.25) is 5.91 Å². The van der Waals surface area contributed by atoms with Gasteiger partial charge >= 0.3 is 5.97 Å². The van der Waals surface area contributed by atoms with Crippen molar-refractivity contribution in [3.8, 4) is 0 Å². The molecule has 0 saturated carbocycles. The molecule has 1 amide bonds. The van der Waals surface area contributed by atoms with Crippen molar-refractivity contribution in [3.63, 3.8) is 0 Å². The van der Waals surface area contributed by atoms with Crippen LogP contribution in [0.4, 0.5) is 5.69 Å². The second kappa shape index (κ2) is 5.48. The van der Waals surface area contributed by atoms with Crippen molar-refractivity contribution < 1.29 is 14.3 Å². The number of nitrogens with one attached hydrogen (secondary N) is 1. The van der Waals surface area contributed by atoms with Gasteiger partial charge in [0.25, 0.3) is 0 Å². The van der Waals surface area contributed by atoms with E-state index in [-0.39, 0.29) is 11.8 Å². The SMILES string of the molecule is COC(=O)c1ccc(C(C)C)c(NC(C)=O)c1. The van der Waals surface area contributed by atoms with E-state index >= 15 is 0 Å². The average molecular weight is 235 g/mol. The van der Waals surface area contributed by atoms with Crippen LogP contribution in [0, 0.1) is 0 Å². The van der Waals surface area contributed by atoms with E-state index in [0.717, 1.165) is 5.56 Å². The Bertz CT molecular complexity index is 438. The minimum atomic E-state index is -0.410. The monoisotopic (exact) mass is 235 g/mol. The number of hydrogen-bond acceptors (Lipinski definition) is 3. The molecular weight excluding hydrogens is 218 g/mol. The van der Waals surface area contributed by atoms with Gasteiger partial charge in [0.15, 0.2) is 0 Å². The van der Waals surface area contributed by atoms with Crippen LogP contribution in [-0.2, 0) is 9.53 Å². The minimum Gasteiger partial charge on any atom is -0.465 e. The highest BCUT2D eigenvalue weighted by Gasteiger charge is 2.12. The molecule has 0 heterocycles. The Labute approximate surface area is 101 Å². The number of methoxy groups -OCH3 is 1. The molecule has 0 spiro atoms. The summed E-state index contributed by atoms with van der Waals surface area (Å²) in [6, 6.07) is 5.18. The number of hydrogen-bond donors (Lipinski definition) is 1. The largest absolute Gasteiger partial charge is 0.465 e. The highest BCUT2D eigenvalue weighted by Crippen LogP contribution is 2.25. The summed E-state index contributed by atoms with van der Waals surface area (Å²) >= 11 is 0. The molecule has 0 saturated heterocycles. The number of esters is 1. The van der Waals surface area contributed by atoms with Crippen molar-refractivity contribution in [2.75, 3.05) is 12.4 Å². The van der Waals surface area contributed by atoms with E-state index < -0.39 is 5.97 Å². The van der Waals surface area contributed by atoms with Gasteiger partial charge in [-0.05, 0) is 23.6 Å². The fourth-order valence-corrected chi connectivity index (χ4v) is 1.60. The smallest absolute Gasteiger partial charge is 0.337 e. The lowest BCUT2D eigenvalue weighted by molar-refractivity contribution is -0.114. The molecule has 17 heavy (non-hydrogen) atoms. The number of carbonyl (C=O) groups is 2. The van der Waals surface area contributed by atoms with E-state index in [1.807, 2.05) is 19.9 Å². The predicted molar refractivity (Wildman–Crippen MR) is 66.2 cm³/mol. The lowest BCUT2D eigenvalue weighted by Crippen LogP contribution is -2.11. The molecule has 1 aromatic carbocycles. The standard InChI is InChI=1S/C13H17NO3/c1-8(2)11-6-5-10(13(16)17-4)7-12(11)14-9(3)15/h5-8H,1-4H3,(H,14,15). The second-order valence-electron chi connectivity index (χ2n) is 4.13. The third-order valence-corrected chi connectivity index (χ3v) is 2.41. The molecule has 0 aliphatic rings. The predicted octanol–water partition coefficient (Wildman–Crippen LogP) is 2.56. The maximum Gasteiger partial charge on any atom is 0.337 e. The van der Waals surface area contributed by atoms with Crippen LogP contribution in [0.2, 0.25) is 0 Å². The van der Waals surface area contributed by atoms with E-state index in [2.05, 4.69) is 10.1 Å². The molecule has 0 fully saturated rings. The quantitative estimate of drug-likeness (QED) is 0.819. The summed E-state index contributed by atoms with van der Waals surface area (Å²) in [5.74, 6) is -0.302. The van der Waals surface area contributed by atoms with Crippen LogP contribution in [0.25, 0.3) is 0 Å². The van der Waals surface area contributed by atoms with Gasteiger partial charge in [-0.3, -0.25) is 4.79 Å². The average Bonchev–Trinajstić information content (AvgIpc) is 2.26. The molecule has 0 radical (unpaired) electrons. The van der Waals surface area contributed by atoms with E-state index in [1.54, 1.807) is 12.1 Å². The zero-order valence-corrected chi connectivity index (χ0v) is 10.5. The van der Waals surface area contributed by atoms with Gasteiger partial charge in [-0.15, -0.1) is 0 Å². The zero-order chi connectivity index (χ0) is 13.0. The van der Waals surface area contributed by atoms with E-state index in [0.29, 0.717) is 11.3 Å². The minimum absolute atomic E-state index is 0.158. The van der Waals surface area contributed by atoms with Crippen molar-refractivity contribution in [1.29, 1.82) is 0 Å². The molecule has 1 N–H and O–H groups in total. The van der Waals surface area contributed by atoms with Gasteiger partial charge in [-0.1, -0.05) is 19.9 Å². The first-order chi connectivity index (χ1) is 7.95. The third kappa shape index (κ3) is 3.31. The molecule has 0 bridgehead atoms. The van der Waals surface area contributed by atoms with Crippen molar-refractivity contribution in [2.45, 2.75) is 26.7 Å². The fourth-order valence-electron chi connectivity index (χ4n) is 1.60. The summed E-state index contributed by atoms with van der Waals surface area (Å²) in [4.78, 5) is 22.5. The van der Waals surface area contributed by atoms with E-state index in [1.165, 1.54) is 14.0 Å².